The number of methoxy groups -OCH3 is 1. The number of halogens is 1. The zero-order valence-electron chi connectivity index (χ0n) is 20.1. The Morgan fingerprint density at radius 1 is 1.14 bits per heavy atom. The molecule has 184 valence electrons. The average Bonchev–Trinajstić information content (AvgIpc) is 2.86. The number of hydrogen-bond acceptors (Lipinski definition) is 7. The molecule has 1 atom stereocenters. The Kier molecular flexibility index (Phi) is 7.37. The van der Waals surface area contributed by atoms with Gasteiger partial charge >= 0.3 is 5.97 Å². The van der Waals surface area contributed by atoms with Crippen molar-refractivity contribution in [3.05, 3.63) is 93.8 Å². The predicted molar refractivity (Wildman–Crippen MR) is 135 cm³/mol. The van der Waals surface area contributed by atoms with Gasteiger partial charge in [0.15, 0.2) is 11.5 Å². The van der Waals surface area contributed by atoms with E-state index in [4.69, 9.17) is 36.3 Å². The molecule has 0 spiro atoms. The average molecular weight is 505 g/mol. The fourth-order valence-corrected chi connectivity index (χ4v) is 4.08. The summed E-state index contributed by atoms with van der Waals surface area (Å²) in [7, 11) is 1.56. The van der Waals surface area contributed by atoms with Gasteiger partial charge in [0.1, 0.15) is 23.1 Å². The number of nitrogens with zero attached hydrogens (tertiary/aromatic N) is 1. The number of rotatable bonds is 7. The molecule has 0 bridgehead atoms. The van der Waals surface area contributed by atoms with Gasteiger partial charge in [0.25, 0.3) is 0 Å². The lowest BCUT2D eigenvalue weighted by Crippen LogP contribution is -2.21. The highest BCUT2D eigenvalue weighted by Gasteiger charge is 2.32. The van der Waals surface area contributed by atoms with E-state index in [1.165, 1.54) is 0 Å². The number of fused-ring (bicyclic) bond motifs is 1. The molecule has 3 aromatic carbocycles. The molecule has 3 aromatic rings. The first-order valence-corrected chi connectivity index (χ1v) is 11.7. The van der Waals surface area contributed by atoms with Crippen LogP contribution >= 0.6 is 11.6 Å². The Bertz CT molecular complexity index is 1380. The van der Waals surface area contributed by atoms with Crippen molar-refractivity contribution in [3.63, 3.8) is 0 Å². The summed E-state index contributed by atoms with van der Waals surface area (Å²) in [4.78, 5) is 12.6. The largest absolute Gasteiger partial charge is 0.493 e. The first-order valence-electron chi connectivity index (χ1n) is 11.3. The highest BCUT2D eigenvalue weighted by Crippen LogP contribution is 2.45. The molecular formula is C28H25ClN2O5. The third-order valence-corrected chi connectivity index (χ3v) is 5.92. The van der Waals surface area contributed by atoms with E-state index < -0.39 is 11.9 Å². The third-order valence-electron chi connectivity index (χ3n) is 5.59. The Morgan fingerprint density at radius 3 is 2.61 bits per heavy atom. The van der Waals surface area contributed by atoms with Crippen LogP contribution in [0.2, 0.25) is 5.02 Å². The van der Waals surface area contributed by atoms with Crippen molar-refractivity contribution < 1.29 is 23.7 Å². The van der Waals surface area contributed by atoms with Crippen molar-refractivity contribution in [1.82, 2.24) is 0 Å². The van der Waals surface area contributed by atoms with Gasteiger partial charge in [-0.05, 0) is 41.8 Å². The summed E-state index contributed by atoms with van der Waals surface area (Å²) in [5.74, 6) is 0.994. The first-order chi connectivity index (χ1) is 17.3. The Hall–Kier alpha value is -4.15. The molecule has 1 heterocycles. The number of allylic oxidation sites excluding steroid dienone is 1. The molecule has 0 fully saturated rings. The second-order valence-electron chi connectivity index (χ2n) is 8.61. The topological polar surface area (TPSA) is 104 Å². The van der Waals surface area contributed by atoms with Crippen molar-refractivity contribution in [1.29, 1.82) is 5.26 Å². The smallest absolute Gasteiger partial charge is 0.345 e. The molecule has 0 saturated heterocycles. The van der Waals surface area contributed by atoms with E-state index >= 15 is 0 Å². The highest BCUT2D eigenvalue weighted by molar-refractivity contribution is 6.33. The fourth-order valence-electron chi connectivity index (χ4n) is 3.87. The van der Waals surface area contributed by atoms with Gasteiger partial charge in [-0.2, -0.15) is 5.26 Å². The lowest BCUT2D eigenvalue weighted by Gasteiger charge is -2.27. The summed E-state index contributed by atoms with van der Waals surface area (Å²) in [6, 6.07) is 19.2. The van der Waals surface area contributed by atoms with Crippen LogP contribution in [0.5, 0.6) is 23.0 Å². The Labute approximate surface area is 214 Å². The number of carbonyl (C=O) groups excluding carboxylic acids is 1. The van der Waals surface area contributed by atoms with E-state index in [0.29, 0.717) is 35.3 Å². The van der Waals surface area contributed by atoms with Crippen LogP contribution in [0.4, 0.5) is 0 Å². The van der Waals surface area contributed by atoms with Crippen LogP contribution in [0.3, 0.4) is 0 Å². The summed E-state index contributed by atoms with van der Waals surface area (Å²) < 4.78 is 22.7. The highest BCUT2D eigenvalue weighted by atomic mass is 35.5. The number of nitriles is 1. The second kappa shape index (κ2) is 10.6. The van der Waals surface area contributed by atoms with E-state index in [1.807, 2.05) is 18.2 Å². The van der Waals surface area contributed by atoms with Crippen LogP contribution in [0, 0.1) is 17.2 Å². The van der Waals surface area contributed by atoms with Gasteiger partial charge in [-0.1, -0.05) is 49.7 Å². The molecule has 1 aliphatic heterocycles. The fraction of sp³-hybridized carbons (Fsp3) is 0.214. The number of esters is 1. The van der Waals surface area contributed by atoms with Crippen LogP contribution in [-0.4, -0.2) is 19.7 Å². The van der Waals surface area contributed by atoms with Crippen LogP contribution < -0.4 is 24.7 Å². The molecular weight excluding hydrogens is 480 g/mol. The monoisotopic (exact) mass is 504 g/mol. The van der Waals surface area contributed by atoms with Gasteiger partial charge in [-0.25, -0.2) is 4.79 Å². The second-order valence-corrected chi connectivity index (χ2v) is 9.02. The zero-order chi connectivity index (χ0) is 25.8. The summed E-state index contributed by atoms with van der Waals surface area (Å²) in [6.07, 6.45) is 0. The summed E-state index contributed by atoms with van der Waals surface area (Å²) in [5, 5.41) is 10.2. The summed E-state index contributed by atoms with van der Waals surface area (Å²) >= 11 is 6.11. The molecule has 4 rings (SSSR count). The quantitative estimate of drug-likeness (QED) is 0.319. The van der Waals surface area contributed by atoms with E-state index in [0.717, 1.165) is 5.56 Å². The van der Waals surface area contributed by atoms with E-state index in [1.54, 1.807) is 49.6 Å². The maximum absolute atomic E-state index is 12.6. The molecule has 0 aliphatic carbocycles. The maximum Gasteiger partial charge on any atom is 0.345 e. The van der Waals surface area contributed by atoms with Gasteiger partial charge in [0, 0.05) is 11.6 Å². The molecule has 7 nitrogen and oxygen atoms in total. The summed E-state index contributed by atoms with van der Waals surface area (Å²) in [5.41, 5.74) is 8.10. The molecule has 1 aliphatic rings. The number of benzene rings is 3. The predicted octanol–water partition coefficient (Wildman–Crippen LogP) is 5.82. The van der Waals surface area contributed by atoms with Crippen molar-refractivity contribution in [3.8, 4) is 29.1 Å². The minimum absolute atomic E-state index is 0.0244. The normalized spacial score (nSPS) is 14.5. The number of nitrogens with two attached hydrogens (primary N) is 1. The standard InChI is InChI=1S/C28H25ClN2O5/c1-16(2)15-34-23-11-8-17(12-25(23)33-3)26-20-10-9-18(13-24(20)36-27(31)21(26)14-30)35-28(32)19-6-4-5-7-22(19)29/h4-13,16,26H,15,31H2,1-3H3. The van der Waals surface area contributed by atoms with Crippen LogP contribution in [0.15, 0.2) is 72.1 Å². The lowest BCUT2D eigenvalue weighted by atomic mass is 9.83. The molecule has 2 N–H and O–H groups in total. The van der Waals surface area contributed by atoms with Gasteiger partial charge < -0.3 is 24.7 Å². The number of ether oxygens (including phenoxy) is 4. The van der Waals surface area contributed by atoms with E-state index in [2.05, 4.69) is 19.9 Å². The molecule has 1 unspecified atom stereocenters. The third kappa shape index (κ3) is 5.09. The molecule has 0 amide bonds. The van der Waals surface area contributed by atoms with Crippen molar-refractivity contribution in [2.24, 2.45) is 11.7 Å². The van der Waals surface area contributed by atoms with Crippen LogP contribution in [0.1, 0.15) is 41.3 Å². The lowest BCUT2D eigenvalue weighted by molar-refractivity contribution is 0.0734. The molecule has 36 heavy (non-hydrogen) atoms. The first kappa shape index (κ1) is 25.0. The molecule has 0 aromatic heterocycles. The van der Waals surface area contributed by atoms with Crippen molar-refractivity contribution in [2.45, 2.75) is 19.8 Å². The Balaban J connectivity index is 1.69. The minimum Gasteiger partial charge on any atom is -0.493 e. The molecule has 0 saturated carbocycles. The molecule has 0 radical (unpaired) electrons. The van der Waals surface area contributed by atoms with Crippen LogP contribution in [0.25, 0.3) is 0 Å². The van der Waals surface area contributed by atoms with Gasteiger partial charge in [0.2, 0.25) is 5.88 Å². The molecule has 8 heteroatoms. The van der Waals surface area contributed by atoms with E-state index in [-0.39, 0.29) is 27.8 Å². The van der Waals surface area contributed by atoms with Gasteiger partial charge in [-0.3, -0.25) is 0 Å². The summed E-state index contributed by atoms with van der Waals surface area (Å²) in [6.45, 7) is 4.67. The Morgan fingerprint density at radius 2 is 1.92 bits per heavy atom. The maximum atomic E-state index is 12.6. The number of carbonyl (C=O) groups is 1. The zero-order valence-corrected chi connectivity index (χ0v) is 20.8. The van der Waals surface area contributed by atoms with Gasteiger partial charge in [-0.15, -0.1) is 0 Å². The van der Waals surface area contributed by atoms with Crippen molar-refractivity contribution in [2.75, 3.05) is 13.7 Å². The van der Waals surface area contributed by atoms with E-state index in [9.17, 15) is 10.1 Å². The van der Waals surface area contributed by atoms with Crippen LogP contribution in [-0.2, 0) is 0 Å². The minimum atomic E-state index is -0.601. The number of hydrogen-bond donors (Lipinski definition) is 1. The van der Waals surface area contributed by atoms with Gasteiger partial charge in [0.05, 0.1) is 30.2 Å². The SMILES string of the molecule is COc1cc(C2C(C#N)=C(N)Oc3cc(OC(=O)c4ccccc4Cl)ccc32)ccc1OCC(C)C. The van der Waals surface area contributed by atoms with Crippen molar-refractivity contribution >= 4 is 17.6 Å².